The minimum atomic E-state index is -0.755. The Hall–Kier alpha value is -2.69. The first-order valence-corrected chi connectivity index (χ1v) is 6.77. The van der Waals surface area contributed by atoms with Crippen molar-refractivity contribution in [2.75, 3.05) is 6.54 Å². The first kappa shape index (κ1) is 13.3. The summed E-state index contributed by atoms with van der Waals surface area (Å²) in [6.07, 6.45) is 0. The minimum absolute atomic E-state index is 0.112. The van der Waals surface area contributed by atoms with Gasteiger partial charge in [-0.3, -0.25) is 19.4 Å². The van der Waals surface area contributed by atoms with Gasteiger partial charge < -0.3 is 0 Å². The van der Waals surface area contributed by atoms with Crippen LogP contribution in [0.3, 0.4) is 0 Å². The third-order valence-corrected chi connectivity index (χ3v) is 3.66. The van der Waals surface area contributed by atoms with E-state index in [1.165, 1.54) is 0 Å². The predicted octanol–water partition coefficient (Wildman–Crippen LogP) is 2.15. The lowest BCUT2D eigenvalue weighted by Crippen LogP contribution is -2.32. The normalized spacial score (nSPS) is 15.4. The van der Waals surface area contributed by atoms with Crippen molar-refractivity contribution in [3.8, 4) is 0 Å². The predicted molar refractivity (Wildman–Crippen MR) is 77.3 cm³/mol. The van der Waals surface area contributed by atoms with Crippen molar-refractivity contribution in [2.24, 2.45) is 0 Å². The zero-order chi connectivity index (χ0) is 15.0. The summed E-state index contributed by atoms with van der Waals surface area (Å²) in [4.78, 5) is 37.7. The van der Waals surface area contributed by atoms with Crippen LogP contribution in [0.4, 0.5) is 4.79 Å². The van der Waals surface area contributed by atoms with E-state index in [-0.39, 0.29) is 13.1 Å². The Morgan fingerprint density at radius 1 is 0.857 bits per heavy atom. The average molecular weight is 282 g/mol. The monoisotopic (exact) mass is 282 g/mol. The Bertz CT molecular complexity index is 749. The van der Waals surface area contributed by atoms with Crippen LogP contribution < -0.4 is 0 Å². The maximum Gasteiger partial charge on any atom is 0.334 e. The maximum absolute atomic E-state index is 12.1. The molecule has 0 radical (unpaired) electrons. The summed E-state index contributed by atoms with van der Waals surface area (Å²) in [6, 6.07) is 12.9. The van der Waals surface area contributed by atoms with E-state index in [4.69, 9.17) is 0 Å². The van der Waals surface area contributed by atoms with Gasteiger partial charge in [0.05, 0.1) is 6.54 Å². The molecule has 2 aromatic rings. The fourth-order valence-corrected chi connectivity index (χ4v) is 2.57. The number of likely N-dealkylation sites (N-methyl/N-ethyl adjacent to an activating group) is 1. The van der Waals surface area contributed by atoms with Gasteiger partial charge in [-0.2, -0.15) is 0 Å². The SMILES string of the molecule is CCN1C(=O)C(=O)N(Cc2cccc3ccccc23)C1=O. The lowest BCUT2D eigenvalue weighted by atomic mass is 10.0. The van der Waals surface area contributed by atoms with Gasteiger partial charge in [-0.05, 0) is 23.3 Å². The number of urea groups is 1. The summed E-state index contributed by atoms with van der Waals surface area (Å²) < 4.78 is 0. The maximum atomic E-state index is 12.1. The van der Waals surface area contributed by atoms with Crippen LogP contribution in [0.5, 0.6) is 0 Å². The van der Waals surface area contributed by atoms with Crippen LogP contribution in [-0.4, -0.2) is 34.2 Å². The van der Waals surface area contributed by atoms with Gasteiger partial charge in [0, 0.05) is 6.54 Å². The lowest BCUT2D eigenvalue weighted by molar-refractivity contribution is -0.143. The zero-order valence-corrected chi connectivity index (χ0v) is 11.6. The molecule has 21 heavy (non-hydrogen) atoms. The van der Waals surface area contributed by atoms with Crippen LogP contribution in [0.15, 0.2) is 42.5 Å². The molecule has 0 N–H and O–H groups in total. The molecule has 2 aromatic carbocycles. The summed E-state index contributed by atoms with van der Waals surface area (Å²) >= 11 is 0. The Kier molecular flexibility index (Phi) is 3.17. The Labute approximate surface area is 121 Å². The molecule has 0 aromatic heterocycles. The van der Waals surface area contributed by atoms with Crippen molar-refractivity contribution in [3.05, 3.63) is 48.0 Å². The molecule has 0 spiro atoms. The van der Waals surface area contributed by atoms with E-state index in [9.17, 15) is 14.4 Å². The highest BCUT2D eigenvalue weighted by Gasteiger charge is 2.43. The van der Waals surface area contributed by atoms with Crippen molar-refractivity contribution >= 4 is 28.6 Å². The number of fused-ring (bicyclic) bond motifs is 1. The average Bonchev–Trinajstić information content (AvgIpc) is 2.71. The zero-order valence-electron chi connectivity index (χ0n) is 11.6. The number of hydrogen-bond donors (Lipinski definition) is 0. The van der Waals surface area contributed by atoms with Crippen molar-refractivity contribution in [3.63, 3.8) is 0 Å². The van der Waals surface area contributed by atoms with Crippen molar-refractivity contribution in [1.82, 2.24) is 9.80 Å². The molecule has 1 fully saturated rings. The van der Waals surface area contributed by atoms with Gasteiger partial charge in [0.15, 0.2) is 0 Å². The van der Waals surface area contributed by atoms with E-state index >= 15 is 0 Å². The highest BCUT2D eigenvalue weighted by atomic mass is 16.2. The van der Waals surface area contributed by atoms with Gasteiger partial charge in [-0.15, -0.1) is 0 Å². The third kappa shape index (κ3) is 2.07. The van der Waals surface area contributed by atoms with E-state index in [2.05, 4.69) is 0 Å². The molecule has 5 heteroatoms. The van der Waals surface area contributed by atoms with Gasteiger partial charge in [-0.1, -0.05) is 42.5 Å². The Morgan fingerprint density at radius 3 is 2.24 bits per heavy atom. The van der Waals surface area contributed by atoms with Crippen LogP contribution in [-0.2, 0) is 16.1 Å². The summed E-state index contributed by atoms with van der Waals surface area (Å²) in [5.74, 6) is -1.50. The fourth-order valence-electron chi connectivity index (χ4n) is 2.57. The number of hydrogen-bond acceptors (Lipinski definition) is 3. The molecule has 0 unspecified atom stereocenters. The van der Waals surface area contributed by atoms with Crippen molar-refractivity contribution < 1.29 is 14.4 Å². The standard InChI is InChI=1S/C16H14N2O3/c1-2-17-14(19)15(20)18(16(17)21)10-12-8-5-7-11-6-3-4-9-13(11)12/h3-9H,2,10H2,1H3. The van der Waals surface area contributed by atoms with E-state index in [0.29, 0.717) is 0 Å². The molecule has 5 nitrogen and oxygen atoms in total. The largest absolute Gasteiger partial charge is 0.334 e. The number of rotatable bonds is 3. The number of carbonyl (C=O) groups is 3. The molecule has 0 aliphatic carbocycles. The molecule has 0 bridgehead atoms. The van der Waals surface area contributed by atoms with Crippen LogP contribution in [0.1, 0.15) is 12.5 Å². The molecule has 0 saturated carbocycles. The molecule has 1 heterocycles. The topological polar surface area (TPSA) is 57.7 Å². The molecule has 3 rings (SSSR count). The number of carbonyl (C=O) groups excluding carboxylic acids is 3. The summed E-state index contributed by atoms with van der Waals surface area (Å²) in [5.41, 5.74) is 0.848. The van der Waals surface area contributed by atoms with Gasteiger partial charge in [0.2, 0.25) is 0 Å². The Balaban J connectivity index is 1.98. The van der Waals surface area contributed by atoms with E-state index in [1.54, 1.807) is 6.92 Å². The Morgan fingerprint density at radius 2 is 1.52 bits per heavy atom. The molecule has 1 saturated heterocycles. The highest BCUT2D eigenvalue weighted by molar-refractivity contribution is 6.44. The number of benzene rings is 2. The van der Waals surface area contributed by atoms with Gasteiger partial charge in [0.25, 0.3) is 0 Å². The smallest absolute Gasteiger partial charge is 0.263 e. The number of nitrogens with zero attached hydrogens (tertiary/aromatic N) is 2. The van der Waals surface area contributed by atoms with Crippen LogP contribution in [0, 0.1) is 0 Å². The highest BCUT2D eigenvalue weighted by Crippen LogP contribution is 2.22. The van der Waals surface area contributed by atoms with E-state index < -0.39 is 17.8 Å². The minimum Gasteiger partial charge on any atom is -0.263 e. The van der Waals surface area contributed by atoms with E-state index in [1.807, 2.05) is 42.5 Å². The summed E-state index contributed by atoms with van der Waals surface area (Å²) in [6.45, 7) is 1.99. The summed E-state index contributed by atoms with van der Waals surface area (Å²) in [5, 5.41) is 2.01. The quantitative estimate of drug-likeness (QED) is 0.640. The molecule has 1 aliphatic rings. The second-order valence-corrected chi connectivity index (χ2v) is 4.86. The molecule has 0 atom stereocenters. The molecule has 1 aliphatic heterocycles. The first-order chi connectivity index (χ1) is 10.1. The van der Waals surface area contributed by atoms with Gasteiger partial charge in [-0.25, -0.2) is 4.79 Å². The van der Waals surface area contributed by atoms with Crippen molar-refractivity contribution in [2.45, 2.75) is 13.5 Å². The fraction of sp³-hybridized carbons (Fsp3) is 0.188. The summed E-state index contributed by atoms with van der Waals surface area (Å²) in [7, 11) is 0. The molecule has 106 valence electrons. The molecular weight excluding hydrogens is 268 g/mol. The van der Waals surface area contributed by atoms with Crippen molar-refractivity contribution in [1.29, 1.82) is 0 Å². The van der Waals surface area contributed by atoms with Crippen LogP contribution in [0.25, 0.3) is 10.8 Å². The second-order valence-electron chi connectivity index (χ2n) is 4.86. The van der Waals surface area contributed by atoms with Gasteiger partial charge >= 0.3 is 17.8 Å². The lowest BCUT2D eigenvalue weighted by Gasteiger charge is -2.15. The number of amides is 4. The second kappa shape index (κ2) is 5.01. The number of imide groups is 2. The van der Waals surface area contributed by atoms with Gasteiger partial charge in [0.1, 0.15) is 0 Å². The molecular formula is C16H14N2O3. The third-order valence-electron chi connectivity index (χ3n) is 3.66. The van der Waals surface area contributed by atoms with Crippen LogP contribution >= 0.6 is 0 Å². The first-order valence-electron chi connectivity index (χ1n) is 6.77. The van der Waals surface area contributed by atoms with Crippen LogP contribution in [0.2, 0.25) is 0 Å². The van der Waals surface area contributed by atoms with E-state index in [0.717, 1.165) is 26.1 Å². The molecule has 4 amide bonds.